The summed E-state index contributed by atoms with van der Waals surface area (Å²) < 4.78 is 0. The molecule has 100 valence electrons. The minimum Gasteiger partial charge on any atom is -0.481 e. The van der Waals surface area contributed by atoms with Crippen LogP contribution in [0, 0.1) is 11.3 Å². The Bertz CT molecular complexity index is 279. The Hall–Kier alpha value is -1.06. The van der Waals surface area contributed by atoms with E-state index >= 15 is 0 Å². The molecule has 0 bridgehead atoms. The zero-order valence-corrected chi connectivity index (χ0v) is 11.8. The molecule has 0 aliphatic carbocycles. The van der Waals surface area contributed by atoms with E-state index in [9.17, 15) is 14.7 Å². The zero-order valence-electron chi connectivity index (χ0n) is 11.8. The van der Waals surface area contributed by atoms with Gasteiger partial charge in [0.05, 0.1) is 0 Å². The van der Waals surface area contributed by atoms with Crippen molar-refractivity contribution in [3.05, 3.63) is 0 Å². The largest absolute Gasteiger partial charge is 0.481 e. The van der Waals surface area contributed by atoms with Crippen LogP contribution in [0.15, 0.2) is 0 Å². The summed E-state index contributed by atoms with van der Waals surface area (Å²) in [6, 6.07) is 0.0339. The summed E-state index contributed by atoms with van der Waals surface area (Å²) in [5, 5.41) is 9.23. The second-order valence-electron chi connectivity index (χ2n) is 5.76. The lowest BCUT2D eigenvalue weighted by atomic mass is 9.79. The van der Waals surface area contributed by atoms with Crippen molar-refractivity contribution >= 4 is 11.9 Å². The number of hydrogen-bond donors (Lipinski definition) is 1. The maximum Gasteiger partial charge on any atom is 0.316 e. The number of carboxylic acids is 1. The van der Waals surface area contributed by atoms with E-state index in [0.29, 0.717) is 6.54 Å². The summed E-state index contributed by atoms with van der Waals surface area (Å²) in [6.07, 6.45) is 0.834. The highest BCUT2D eigenvalue weighted by Gasteiger charge is 2.40. The molecule has 0 aromatic rings. The zero-order chi connectivity index (χ0) is 13.8. The van der Waals surface area contributed by atoms with Crippen LogP contribution in [0.2, 0.25) is 0 Å². The molecule has 17 heavy (non-hydrogen) atoms. The molecule has 0 rings (SSSR count). The first-order valence-electron chi connectivity index (χ1n) is 6.16. The fraction of sp³-hybridized carbons (Fsp3) is 0.846. The number of aliphatic carboxylic acids is 1. The predicted octanol–water partition coefficient (Wildman–Crippen LogP) is 2.38. The normalized spacial score (nSPS) is 13.6. The van der Waals surface area contributed by atoms with Gasteiger partial charge < -0.3 is 10.0 Å². The smallest absolute Gasteiger partial charge is 0.316 e. The Labute approximate surface area is 104 Å². The maximum absolute atomic E-state index is 12.3. The Morgan fingerprint density at radius 1 is 1.24 bits per heavy atom. The van der Waals surface area contributed by atoms with Gasteiger partial charge in [-0.15, -0.1) is 0 Å². The molecular formula is C13H25NO3. The number of amides is 1. The van der Waals surface area contributed by atoms with E-state index in [1.54, 1.807) is 25.7 Å². The molecule has 1 atom stereocenters. The number of carbonyl (C=O) groups is 2. The lowest BCUT2D eigenvalue weighted by molar-refractivity contribution is -0.157. The first-order valence-corrected chi connectivity index (χ1v) is 6.16. The van der Waals surface area contributed by atoms with Crippen molar-refractivity contribution in [2.24, 2.45) is 11.3 Å². The molecule has 0 aromatic carbocycles. The monoisotopic (exact) mass is 243 g/mol. The highest BCUT2D eigenvalue weighted by atomic mass is 16.4. The molecule has 0 fully saturated rings. The lowest BCUT2D eigenvalue weighted by Crippen LogP contribution is -2.48. The summed E-state index contributed by atoms with van der Waals surface area (Å²) in [5.74, 6) is -2.29. The molecule has 0 heterocycles. The van der Waals surface area contributed by atoms with E-state index in [2.05, 4.69) is 0 Å². The van der Waals surface area contributed by atoms with Crippen molar-refractivity contribution in [1.82, 2.24) is 4.90 Å². The minimum absolute atomic E-state index is 0.0339. The second-order valence-corrected chi connectivity index (χ2v) is 5.76. The molecule has 4 nitrogen and oxygen atoms in total. The summed E-state index contributed by atoms with van der Waals surface area (Å²) in [5.41, 5.74) is -0.566. The molecule has 1 unspecified atom stereocenters. The van der Waals surface area contributed by atoms with E-state index in [4.69, 9.17) is 0 Å². The topological polar surface area (TPSA) is 57.6 Å². The Morgan fingerprint density at radius 2 is 1.71 bits per heavy atom. The van der Waals surface area contributed by atoms with Crippen LogP contribution in [0.5, 0.6) is 0 Å². The van der Waals surface area contributed by atoms with Crippen LogP contribution < -0.4 is 0 Å². The maximum atomic E-state index is 12.3. The first kappa shape index (κ1) is 15.9. The van der Waals surface area contributed by atoms with Gasteiger partial charge in [0.2, 0.25) is 5.91 Å². The van der Waals surface area contributed by atoms with Gasteiger partial charge in [-0.1, -0.05) is 27.7 Å². The van der Waals surface area contributed by atoms with Crippen molar-refractivity contribution in [1.29, 1.82) is 0 Å². The summed E-state index contributed by atoms with van der Waals surface area (Å²) >= 11 is 0. The second kappa shape index (κ2) is 6.03. The average Bonchev–Trinajstić information content (AvgIpc) is 2.09. The van der Waals surface area contributed by atoms with Gasteiger partial charge in [0.1, 0.15) is 5.92 Å². The number of carbonyl (C=O) groups excluding carboxylic acids is 1. The van der Waals surface area contributed by atoms with Gasteiger partial charge in [-0.05, 0) is 25.7 Å². The van der Waals surface area contributed by atoms with Gasteiger partial charge >= 0.3 is 5.97 Å². The van der Waals surface area contributed by atoms with Gasteiger partial charge in [0.15, 0.2) is 0 Å². The Kier molecular flexibility index (Phi) is 5.66. The highest BCUT2D eigenvalue weighted by Crippen LogP contribution is 2.28. The van der Waals surface area contributed by atoms with E-state index in [1.165, 1.54) is 0 Å². The van der Waals surface area contributed by atoms with Gasteiger partial charge in [0, 0.05) is 12.6 Å². The number of nitrogens with zero attached hydrogens (tertiary/aromatic N) is 1. The van der Waals surface area contributed by atoms with Crippen molar-refractivity contribution in [3.8, 4) is 0 Å². The molecule has 0 aliphatic rings. The van der Waals surface area contributed by atoms with Crippen molar-refractivity contribution in [2.75, 3.05) is 6.54 Å². The van der Waals surface area contributed by atoms with E-state index in [0.717, 1.165) is 6.42 Å². The average molecular weight is 243 g/mol. The summed E-state index contributed by atoms with van der Waals surface area (Å²) in [6.45, 7) is 11.8. The van der Waals surface area contributed by atoms with Gasteiger partial charge in [0.25, 0.3) is 0 Å². The van der Waals surface area contributed by atoms with Crippen LogP contribution in [0.25, 0.3) is 0 Å². The highest BCUT2D eigenvalue weighted by molar-refractivity contribution is 5.97. The molecule has 0 aromatic heterocycles. The Balaban J connectivity index is 5.12. The van der Waals surface area contributed by atoms with Crippen LogP contribution in [0.1, 0.15) is 48.0 Å². The third-order valence-electron chi connectivity index (χ3n) is 2.73. The molecular weight excluding hydrogens is 218 g/mol. The predicted molar refractivity (Wildman–Crippen MR) is 67.7 cm³/mol. The molecule has 1 amide bonds. The van der Waals surface area contributed by atoms with Crippen LogP contribution in [0.3, 0.4) is 0 Å². The van der Waals surface area contributed by atoms with Crippen molar-refractivity contribution in [3.63, 3.8) is 0 Å². The molecule has 4 heteroatoms. The molecule has 1 N–H and O–H groups in total. The molecule has 0 aliphatic heterocycles. The third kappa shape index (κ3) is 4.36. The molecule has 0 saturated carbocycles. The number of hydrogen-bond acceptors (Lipinski definition) is 2. The van der Waals surface area contributed by atoms with Crippen molar-refractivity contribution < 1.29 is 14.7 Å². The quantitative estimate of drug-likeness (QED) is 0.754. The fourth-order valence-electron chi connectivity index (χ4n) is 1.88. The van der Waals surface area contributed by atoms with Crippen LogP contribution >= 0.6 is 0 Å². The van der Waals surface area contributed by atoms with Crippen molar-refractivity contribution in [2.45, 2.75) is 54.0 Å². The minimum atomic E-state index is -1.04. The molecule has 0 radical (unpaired) electrons. The van der Waals surface area contributed by atoms with Crippen LogP contribution in [0.4, 0.5) is 0 Å². The van der Waals surface area contributed by atoms with Gasteiger partial charge in [-0.3, -0.25) is 9.59 Å². The van der Waals surface area contributed by atoms with Crippen LogP contribution in [-0.4, -0.2) is 34.5 Å². The van der Waals surface area contributed by atoms with E-state index in [-0.39, 0.29) is 11.9 Å². The Morgan fingerprint density at radius 3 is 1.94 bits per heavy atom. The third-order valence-corrected chi connectivity index (χ3v) is 2.73. The number of carboxylic acid groups (broad SMARTS) is 1. The van der Waals surface area contributed by atoms with Gasteiger partial charge in [-0.2, -0.15) is 0 Å². The van der Waals surface area contributed by atoms with E-state index < -0.39 is 17.3 Å². The SMILES string of the molecule is CCCN(C(=O)C(C(=O)O)C(C)(C)C)C(C)C. The molecule has 0 spiro atoms. The summed E-state index contributed by atoms with van der Waals surface area (Å²) in [4.78, 5) is 25.2. The van der Waals surface area contributed by atoms with E-state index in [1.807, 2.05) is 20.8 Å². The first-order chi connectivity index (χ1) is 7.62. The fourth-order valence-corrected chi connectivity index (χ4v) is 1.88. The molecule has 0 saturated heterocycles. The van der Waals surface area contributed by atoms with Gasteiger partial charge in [-0.25, -0.2) is 0 Å². The lowest BCUT2D eigenvalue weighted by Gasteiger charge is -2.34. The van der Waals surface area contributed by atoms with Crippen LogP contribution in [-0.2, 0) is 9.59 Å². The standard InChI is InChI=1S/C13H25NO3/c1-7-8-14(9(2)3)11(15)10(12(16)17)13(4,5)6/h9-10H,7-8H2,1-6H3,(H,16,17). The summed E-state index contributed by atoms with van der Waals surface area (Å²) in [7, 11) is 0. The number of rotatable bonds is 5.